The van der Waals surface area contributed by atoms with Crippen LogP contribution in [0.1, 0.15) is 15.9 Å². The SMILES string of the molecule is O=Cc1ccc(Cl)cc1OCc1ccccc1. The number of rotatable bonds is 4. The van der Waals surface area contributed by atoms with E-state index in [-0.39, 0.29) is 0 Å². The first-order valence-corrected chi connectivity index (χ1v) is 5.59. The predicted molar refractivity (Wildman–Crippen MR) is 67.6 cm³/mol. The molecule has 0 saturated heterocycles. The minimum atomic E-state index is 0.419. The number of aldehydes is 1. The third kappa shape index (κ3) is 3.08. The van der Waals surface area contributed by atoms with Crippen LogP contribution in [-0.4, -0.2) is 6.29 Å². The molecule has 0 saturated carbocycles. The molecule has 3 heteroatoms. The summed E-state index contributed by atoms with van der Waals surface area (Å²) in [6.45, 7) is 0.419. The molecule has 2 aromatic carbocycles. The second-order valence-corrected chi connectivity index (χ2v) is 4.01. The van der Waals surface area contributed by atoms with Gasteiger partial charge in [0, 0.05) is 5.02 Å². The maximum atomic E-state index is 10.8. The van der Waals surface area contributed by atoms with Gasteiger partial charge in [-0.25, -0.2) is 0 Å². The van der Waals surface area contributed by atoms with E-state index in [9.17, 15) is 4.79 Å². The number of halogens is 1. The molecule has 0 atom stereocenters. The molecule has 0 aliphatic rings. The van der Waals surface area contributed by atoms with Gasteiger partial charge in [0.25, 0.3) is 0 Å². The smallest absolute Gasteiger partial charge is 0.153 e. The summed E-state index contributed by atoms with van der Waals surface area (Å²) in [5.74, 6) is 0.511. The molecule has 0 aromatic heterocycles. The summed E-state index contributed by atoms with van der Waals surface area (Å²) in [6.07, 6.45) is 0.761. The fourth-order valence-electron chi connectivity index (χ4n) is 1.47. The fourth-order valence-corrected chi connectivity index (χ4v) is 1.63. The molecule has 17 heavy (non-hydrogen) atoms. The summed E-state index contributed by atoms with van der Waals surface area (Å²) in [7, 11) is 0. The normalized spacial score (nSPS) is 9.94. The molecule has 86 valence electrons. The van der Waals surface area contributed by atoms with Crippen molar-refractivity contribution in [1.82, 2.24) is 0 Å². The van der Waals surface area contributed by atoms with Gasteiger partial charge in [-0.1, -0.05) is 41.9 Å². The minimum absolute atomic E-state index is 0.419. The largest absolute Gasteiger partial charge is 0.488 e. The summed E-state index contributed by atoms with van der Waals surface area (Å²) < 4.78 is 5.58. The molecule has 0 heterocycles. The van der Waals surface area contributed by atoms with Gasteiger partial charge >= 0.3 is 0 Å². The summed E-state index contributed by atoms with van der Waals surface area (Å²) in [4.78, 5) is 10.8. The monoisotopic (exact) mass is 246 g/mol. The van der Waals surface area contributed by atoms with Gasteiger partial charge in [0.1, 0.15) is 12.4 Å². The van der Waals surface area contributed by atoms with E-state index in [0.29, 0.717) is 22.9 Å². The summed E-state index contributed by atoms with van der Waals surface area (Å²) in [5, 5.41) is 0.554. The lowest BCUT2D eigenvalue weighted by atomic mass is 10.2. The Morgan fingerprint density at radius 1 is 1.12 bits per heavy atom. The van der Waals surface area contributed by atoms with Gasteiger partial charge in [-0.15, -0.1) is 0 Å². The fraction of sp³-hybridized carbons (Fsp3) is 0.0714. The van der Waals surface area contributed by atoms with Gasteiger partial charge in [0.15, 0.2) is 6.29 Å². The second kappa shape index (κ2) is 5.51. The molecule has 0 aliphatic carbocycles. The Hall–Kier alpha value is -1.80. The highest BCUT2D eigenvalue weighted by Crippen LogP contribution is 2.22. The van der Waals surface area contributed by atoms with E-state index >= 15 is 0 Å². The van der Waals surface area contributed by atoms with E-state index in [1.165, 1.54) is 0 Å². The zero-order chi connectivity index (χ0) is 12.1. The van der Waals surface area contributed by atoms with Crippen molar-refractivity contribution < 1.29 is 9.53 Å². The second-order valence-electron chi connectivity index (χ2n) is 3.57. The van der Waals surface area contributed by atoms with Crippen molar-refractivity contribution in [1.29, 1.82) is 0 Å². The summed E-state index contributed by atoms with van der Waals surface area (Å²) >= 11 is 5.86. The molecule has 0 aliphatic heterocycles. The molecule has 0 fully saturated rings. The van der Waals surface area contributed by atoms with Crippen LogP contribution < -0.4 is 4.74 Å². The van der Waals surface area contributed by atoms with Crippen LogP contribution in [0.3, 0.4) is 0 Å². The van der Waals surface area contributed by atoms with E-state index in [0.717, 1.165) is 11.8 Å². The minimum Gasteiger partial charge on any atom is -0.488 e. The molecule has 2 rings (SSSR count). The topological polar surface area (TPSA) is 26.3 Å². The van der Waals surface area contributed by atoms with E-state index in [1.807, 2.05) is 30.3 Å². The highest BCUT2D eigenvalue weighted by molar-refractivity contribution is 6.30. The van der Waals surface area contributed by atoms with Gasteiger partial charge in [-0.2, -0.15) is 0 Å². The van der Waals surface area contributed by atoms with Gasteiger partial charge in [-0.05, 0) is 23.8 Å². The lowest BCUT2D eigenvalue weighted by molar-refractivity contribution is 0.111. The molecule has 0 unspecified atom stereocenters. The molecule has 0 bridgehead atoms. The Balaban J connectivity index is 2.13. The average molecular weight is 247 g/mol. The van der Waals surface area contributed by atoms with E-state index in [1.54, 1.807) is 18.2 Å². The van der Waals surface area contributed by atoms with E-state index in [4.69, 9.17) is 16.3 Å². The lowest BCUT2D eigenvalue weighted by Crippen LogP contribution is -1.98. The van der Waals surface area contributed by atoms with Crippen molar-refractivity contribution in [3.05, 3.63) is 64.7 Å². The number of hydrogen-bond donors (Lipinski definition) is 0. The molecule has 0 spiro atoms. The zero-order valence-corrected chi connectivity index (χ0v) is 9.85. The van der Waals surface area contributed by atoms with Crippen LogP contribution in [0.25, 0.3) is 0 Å². The first-order valence-electron chi connectivity index (χ1n) is 5.21. The standard InChI is InChI=1S/C14H11ClO2/c15-13-7-6-12(9-16)14(8-13)17-10-11-4-2-1-3-5-11/h1-9H,10H2. The molecule has 0 N–H and O–H groups in total. The Bertz CT molecular complexity index is 509. The number of hydrogen-bond acceptors (Lipinski definition) is 2. The van der Waals surface area contributed by atoms with Gasteiger partial charge < -0.3 is 4.74 Å². The molecule has 0 radical (unpaired) electrons. The number of carbonyl (C=O) groups is 1. The van der Waals surface area contributed by atoms with Crippen LogP contribution >= 0.6 is 11.6 Å². The quantitative estimate of drug-likeness (QED) is 0.769. The Morgan fingerprint density at radius 2 is 1.88 bits per heavy atom. The molecular weight excluding hydrogens is 236 g/mol. The maximum absolute atomic E-state index is 10.8. The van der Waals surface area contributed by atoms with Crippen LogP contribution in [0.15, 0.2) is 48.5 Å². The third-order valence-electron chi connectivity index (χ3n) is 2.34. The van der Waals surface area contributed by atoms with Crippen molar-refractivity contribution >= 4 is 17.9 Å². The highest BCUT2D eigenvalue weighted by atomic mass is 35.5. The van der Waals surface area contributed by atoms with Gasteiger partial charge in [-0.3, -0.25) is 4.79 Å². The first-order chi connectivity index (χ1) is 8.29. The zero-order valence-electron chi connectivity index (χ0n) is 9.10. The van der Waals surface area contributed by atoms with Gasteiger partial charge in [0.05, 0.1) is 5.56 Å². The number of carbonyl (C=O) groups excluding carboxylic acids is 1. The predicted octanol–water partition coefficient (Wildman–Crippen LogP) is 3.73. The maximum Gasteiger partial charge on any atom is 0.153 e. The van der Waals surface area contributed by atoms with Crippen molar-refractivity contribution in [3.8, 4) is 5.75 Å². The van der Waals surface area contributed by atoms with Crippen LogP contribution in [0.5, 0.6) is 5.75 Å². The Labute approximate surface area is 105 Å². The van der Waals surface area contributed by atoms with Crippen LogP contribution in [0, 0.1) is 0 Å². The van der Waals surface area contributed by atoms with Crippen LogP contribution in [0.4, 0.5) is 0 Å². The summed E-state index contributed by atoms with van der Waals surface area (Å²) in [6, 6.07) is 14.7. The number of ether oxygens (including phenoxy) is 1. The van der Waals surface area contributed by atoms with Crippen molar-refractivity contribution in [2.45, 2.75) is 6.61 Å². The molecule has 2 nitrogen and oxygen atoms in total. The molecular formula is C14H11ClO2. The Morgan fingerprint density at radius 3 is 2.59 bits per heavy atom. The van der Waals surface area contributed by atoms with Crippen molar-refractivity contribution in [3.63, 3.8) is 0 Å². The van der Waals surface area contributed by atoms with E-state index < -0.39 is 0 Å². The molecule has 0 amide bonds. The van der Waals surface area contributed by atoms with E-state index in [2.05, 4.69) is 0 Å². The van der Waals surface area contributed by atoms with Crippen molar-refractivity contribution in [2.24, 2.45) is 0 Å². The van der Waals surface area contributed by atoms with Gasteiger partial charge in [0.2, 0.25) is 0 Å². The van der Waals surface area contributed by atoms with Crippen LogP contribution in [-0.2, 0) is 6.61 Å². The van der Waals surface area contributed by atoms with Crippen molar-refractivity contribution in [2.75, 3.05) is 0 Å². The Kier molecular flexibility index (Phi) is 3.78. The highest BCUT2D eigenvalue weighted by Gasteiger charge is 2.04. The summed E-state index contributed by atoms with van der Waals surface area (Å²) in [5.41, 5.74) is 1.55. The first kappa shape index (κ1) is 11.7. The average Bonchev–Trinajstić information content (AvgIpc) is 2.38. The lowest BCUT2D eigenvalue weighted by Gasteiger charge is -2.08. The number of benzene rings is 2. The third-order valence-corrected chi connectivity index (χ3v) is 2.57. The molecule has 2 aromatic rings. The van der Waals surface area contributed by atoms with Crippen LogP contribution in [0.2, 0.25) is 5.02 Å².